The molecule has 0 atom stereocenters. The Morgan fingerprint density at radius 1 is 0.789 bits per heavy atom. The Balaban J connectivity index is 1.43. The lowest BCUT2D eigenvalue weighted by Crippen LogP contribution is -2.32. The molecule has 0 spiro atoms. The summed E-state index contributed by atoms with van der Waals surface area (Å²) < 4.78 is 10.8. The Morgan fingerprint density at radius 3 is 2.34 bits per heavy atom. The van der Waals surface area contributed by atoms with Crippen LogP contribution in [0.15, 0.2) is 108 Å². The van der Waals surface area contributed by atoms with Crippen molar-refractivity contribution >= 4 is 34.5 Å². The molecule has 0 saturated carbocycles. The Bertz CT molecular complexity index is 1690. The van der Waals surface area contributed by atoms with E-state index in [1.54, 1.807) is 31.3 Å². The number of aromatic nitrogens is 2. The number of hydrogen-bond donors (Lipinski definition) is 1. The smallest absolute Gasteiger partial charge is 0.282 e. The number of para-hydroxylation sites is 2. The molecule has 0 aliphatic carbocycles. The van der Waals surface area contributed by atoms with Crippen LogP contribution in [0.1, 0.15) is 11.1 Å². The number of amides is 1. The lowest BCUT2D eigenvalue weighted by Gasteiger charge is -2.19. The Labute approximate surface area is 219 Å². The van der Waals surface area contributed by atoms with Crippen LogP contribution in [0.5, 0.6) is 11.5 Å². The summed E-state index contributed by atoms with van der Waals surface area (Å²) in [6.45, 7) is 0. The third kappa shape index (κ3) is 4.20. The van der Waals surface area contributed by atoms with Gasteiger partial charge in [-0.15, -0.1) is 0 Å². The molecule has 0 saturated heterocycles. The second kappa shape index (κ2) is 9.71. The van der Waals surface area contributed by atoms with Gasteiger partial charge in [0.2, 0.25) is 0 Å². The highest BCUT2D eigenvalue weighted by molar-refractivity contribution is 6.33. The number of carbonyl (C=O) groups is 1. The van der Waals surface area contributed by atoms with Gasteiger partial charge < -0.3 is 14.5 Å². The van der Waals surface area contributed by atoms with Crippen molar-refractivity contribution in [3.8, 4) is 22.9 Å². The van der Waals surface area contributed by atoms with Gasteiger partial charge in [0.15, 0.2) is 11.5 Å². The fraction of sp³-hybridized carbons (Fsp3) is 0.0645. The number of aliphatic imine (C=N–C) groups is 1. The van der Waals surface area contributed by atoms with Gasteiger partial charge in [-0.05, 0) is 48.0 Å². The number of rotatable bonds is 6. The number of anilines is 1. The summed E-state index contributed by atoms with van der Waals surface area (Å²) >= 11 is 0. The molecular weight excluding hydrogens is 476 g/mol. The van der Waals surface area contributed by atoms with Crippen molar-refractivity contribution in [2.75, 3.05) is 19.1 Å². The van der Waals surface area contributed by atoms with Crippen LogP contribution in [0.25, 0.3) is 28.5 Å². The summed E-state index contributed by atoms with van der Waals surface area (Å²) in [4.78, 5) is 28.3. The van der Waals surface area contributed by atoms with Crippen LogP contribution in [0, 0.1) is 0 Å². The van der Waals surface area contributed by atoms with E-state index in [1.807, 2.05) is 91.0 Å². The molecule has 2 heterocycles. The van der Waals surface area contributed by atoms with E-state index >= 15 is 0 Å². The van der Waals surface area contributed by atoms with Crippen LogP contribution < -0.4 is 14.4 Å². The average molecular weight is 501 g/mol. The molecule has 0 bridgehead atoms. The van der Waals surface area contributed by atoms with Gasteiger partial charge in [-0.2, -0.15) is 0 Å². The fourth-order valence-electron chi connectivity index (χ4n) is 4.52. The Hall–Kier alpha value is -5.17. The van der Waals surface area contributed by atoms with Gasteiger partial charge in [0.05, 0.1) is 30.9 Å². The monoisotopic (exact) mass is 500 g/mol. The van der Waals surface area contributed by atoms with Crippen molar-refractivity contribution < 1.29 is 14.3 Å². The van der Waals surface area contributed by atoms with Gasteiger partial charge in [0, 0.05) is 11.1 Å². The van der Waals surface area contributed by atoms with Crippen molar-refractivity contribution in [3.05, 3.63) is 114 Å². The van der Waals surface area contributed by atoms with E-state index in [0.29, 0.717) is 28.7 Å². The lowest BCUT2D eigenvalue weighted by atomic mass is 10.1. The summed E-state index contributed by atoms with van der Waals surface area (Å²) in [5.41, 5.74) is 5.35. The summed E-state index contributed by atoms with van der Waals surface area (Å²) in [5, 5.41) is 0. The second-order valence-electron chi connectivity index (χ2n) is 8.74. The van der Waals surface area contributed by atoms with E-state index < -0.39 is 0 Å². The quantitative estimate of drug-likeness (QED) is 0.287. The van der Waals surface area contributed by atoms with Crippen LogP contribution in [-0.4, -0.2) is 35.9 Å². The van der Waals surface area contributed by atoms with E-state index in [4.69, 9.17) is 19.5 Å². The molecule has 7 heteroatoms. The number of carbonyl (C=O) groups excluding carboxylic acids is 1. The molecule has 1 aliphatic rings. The first kappa shape index (κ1) is 23.2. The highest BCUT2D eigenvalue weighted by Crippen LogP contribution is 2.33. The molecule has 1 aliphatic heterocycles. The molecule has 7 nitrogen and oxygen atoms in total. The maximum Gasteiger partial charge on any atom is 0.282 e. The van der Waals surface area contributed by atoms with Crippen LogP contribution in [0.2, 0.25) is 0 Å². The number of nitrogens with one attached hydrogen (secondary N) is 1. The number of ether oxygens (including phenoxy) is 2. The molecule has 1 amide bonds. The first-order valence-electron chi connectivity index (χ1n) is 12.1. The van der Waals surface area contributed by atoms with Crippen molar-refractivity contribution in [3.63, 3.8) is 0 Å². The van der Waals surface area contributed by atoms with Gasteiger partial charge >= 0.3 is 0 Å². The first-order chi connectivity index (χ1) is 18.6. The molecule has 0 fully saturated rings. The van der Waals surface area contributed by atoms with E-state index in [1.165, 1.54) is 0 Å². The Kier molecular flexibility index (Phi) is 5.94. The number of methoxy groups -OCH3 is 2. The average Bonchev–Trinajstić information content (AvgIpc) is 3.55. The number of aromatic amines is 1. The maximum absolute atomic E-state index is 13.8. The molecular formula is C31H24N4O3. The zero-order valence-electron chi connectivity index (χ0n) is 20.9. The molecule has 186 valence electrons. The highest BCUT2D eigenvalue weighted by atomic mass is 16.5. The molecule has 0 unspecified atom stereocenters. The van der Waals surface area contributed by atoms with Gasteiger partial charge in [0.25, 0.3) is 5.91 Å². The van der Waals surface area contributed by atoms with Crippen LogP contribution >= 0.6 is 0 Å². The third-order valence-electron chi connectivity index (χ3n) is 6.37. The third-order valence-corrected chi connectivity index (χ3v) is 6.37. The number of amidine groups is 1. The van der Waals surface area contributed by atoms with Crippen LogP contribution in [-0.2, 0) is 4.79 Å². The lowest BCUT2D eigenvalue weighted by molar-refractivity contribution is -0.113. The number of imidazole rings is 1. The minimum absolute atomic E-state index is 0.222. The first-order valence-corrected chi connectivity index (χ1v) is 12.1. The minimum atomic E-state index is -0.222. The van der Waals surface area contributed by atoms with Crippen molar-refractivity contribution in [1.82, 2.24) is 9.97 Å². The SMILES string of the molecule is COc1ccc(/C=C2/N=C(c3ccccc3)N(c3cccc(-c4nc5ccccc5[nH]4)c3)C2=O)cc1OC. The second-order valence-corrected chi connectivity index (χ2v) is 8.74. The minimum Gasteiger partial charge on any atom is -0.493 e. The van der Waals surface area contributed by atoms with Crippen molar-refractivity contribution in [1.29, 1.82) is 0 Å². The highest BCUT2D eigenvalue weighted by Gasteiger charge is 2.32. The Morgan fingerprint density at radius 2 is 1.55 bits per heavy atom. The van der Waals surface area contributed by atoms with E-state index in [-0.39, 0.29) is 5.91 Å². The van der Waals surface area contributed by atoms with E-state index in [0.717, 1.165) is 33.5 Å². The van der Waals surface area contributed by atoms with Gasteiger partial charge in [-0.3, -0.25) is 9.69 Å². The van der Waals surface area contributed by atoms with Crippen molar-refractivity contribution in [2.45, 2.75) is 0 Å². The molecule has 6 rings (SSSR count). The molecule has 5 aromatic rings. The molecule has 0 radical (unpaired) electrons. The van der Waals surface area contributed by atoms with E-state index in [2.05, 4.69) is 4.98 Å². The summed E-state index contributed by atoms with van der Waals surface area (Å²) in [6.07, 6.45) is 1.76. The topological polar surface area (TPSA) is 79.8 Å². The van der Waals surface area contributed by atoms with Gasteiger partial charge in [-0.25, -0.2) is 9.98 Å². The van der Waals surface area contributed by atoms with Crippen LogP contribution in [0.3, 0.4) is 0 Å². The van der Waals surface area contributed by atoms with Gasteiger partial charge in [-0.1, -0.05) is 60.7 Å². The predicted molar refractivity (Wildman–Crippen MR) is 150 cm³/mol. The normalized spacial score (nSPS) is 14.3. The number of nitrogens with zero attached hydrogens (tertiary/aromatic N) is 3. The number of hydrogen-bond acceptors (Lipinski definition) is 5. The fourth-order valence-corrected chi connectivity index (χ4v) is 4.52. The van der Waals surface area contributed by atoms with E-state index in [9.17, 15) is 4.79 Å². The molecule has 1 N–H and O–H groups in total. The zero-order valence-corrected chi connectivity index (χ0v) is 20.9. The maximum atomic E-state index is 13.8. The predicted octanol–water partition coefficient (Wildman–Crippen LogP) is 6.08. The summed E-state index contributed by atoms with van der Waals surface area (Å²) in [7, 11) is 3.17. The van der Waals surface area contributed by atoms with Crippen molar-refractivity contribution in [2.24, 2.45) is 4.99 Å². The molecule has 4 aromatic carbocycles. The molecule has 1 aromatic heterocycles. The van der Waals surface area contributed by atoms with Gasteiger partial charge in [0.1, 0.15) is 17.4 Å². The number of fused-ring (bicyclic) bond motifs is 1. The summed E-state index contributed by atoms with van der Waals surface area (Å²) in [6, 6.07) is 30.8. The zero-order chi connectivity index (χ0) is 26.1. The van der Waals surface area contributed by atoms with Crippen LogP contribution in [0.4, 0.5) is 5.69 Å². The standard InChI is InChI=1S/C31H24N4O3/c1-37-27-16-15-20(18-28(27)38-2)17-26-31(36)35(30(34-26)21-9-4-3-5-10-21)23-12-8-11-22(19-23)29-32-24-13-6-7-14-25(24)33-29/h3-19H,1-2H3,(H,32,33)/b26-17+. The molecule has 38 heavy (non-hydrogen) atoms. The largest absolute Gasteiger partial charge is 0.493 e. The summed E-state index contributed by atoms with van der Waals surface area (Å²) in [5.74, 6) is 2.27. The number of H-pyrrole nitrogens is 1. The number of benzene rings is 4.